The van der Waals surface area contributed by atoms with Crippen molar-refractivity contribution in [2.75, 3.05) is 20.2 Å². The van der Waals surface area contributed by atoms with Crippen LogP contribution in [-0.4, -0.2) is 48.1 Å². The Hall–Kier alpha value is -2.44. The number of hydrogen-bond donors (Lipinski definition) is 2. The monoisotopic (exact) mass is 408 g/mol. The molecule has 2 aliphatic heterocycles. The Labute approximate surface area is 179 Å². The molecule has 3 atom stereocenters. The number of amides is 1. The average molecular weight is 409 g/mol. The van der Waals surface area contributed by atoms with Crippen molar-refractivity contribution >= 4 is 5.91 Å². The summed E-state index contributed by atoms with van der Waals surface area (Å²) in [6.07, 6.45) is 8.23. The van der Waals surface area contributed by atoms with Gasteiger partial charge in [-0.2, -0.15) is 0 Å². The summed E-state index contributed by atoms with van der Waals surface area (Å²) in [5.74, 6) is 1.55. The van der Waals surface area contributed by atoms with Gasteiger partial charge in [-0.25, -0.2) is 0 Å². The van der Waals surface area contributed by atoms with Gasteiger partial charge < -0.3 is 9.64 Å². The number of carbonyl (C=O) groups excluding carboxylic acids is 1. The Kier molecular flexibility index (Phi) is 6.65. The van der Waals surface area contributed by atoms with Crippen LogP contribution in [0, 0.1) is 6.92 Å². The van der Waals surface area contributed by atoms with Crippen LogP contribution in [0.25, 0.3) is 0 Å². The first kappa shape index (κ1) is 20.8. The second-order valence-corrected chi connectivity index (χ2v) is 8.39. The predicted molar refractivity (Wildman–Crippen MR) is 117 cm³/mol. The molecule has 3 unspecified atom stereocenters. The fraction of sp³-hybridized carbons (Fsp3) is 0.500. The molecule has 0 bridgehead atoms. The Morgan fingerprint density at radius 3 is 2.87 bits per heavy atom. The van der Waals surface area contributed by atoms with Gasteiger partial charge in [-0.05, 0) is 67.5 Å². The SMILES string of the molecule is COc1ccc(CCCC(=O)N2CCCC2C2NNCC2c2ccncc2)cc1C. The molecule has 0 spiro atoms. The van der Waals surface area contributed by atoms with Gasteiger partial charge in [-0.15, -0.1) is 0 Å². The molecule has 3 heterocycles. The summed E-state index contributed by atoms with van der Waals surface area (Å²) in [6.45, 7) is 3.81. The van der Waals surface area contributed by atoms with E-state index in [4.69, 9.17) is 4.74 Å². The zero-order chi connectivity index (χ0) is 20.9. The number of rotatable bonds is 7. The van der Waals surface area contributed by atoms with Crippen LogP contribution in [0.15, 0.2) is 42.7 Å². The van der Waals surface area contributed by atoms with Crippen LogP contribution in [0.3, 0.4) is 0 Å². The molecule has 1 aromatic carbocycles. The lowest BCUT2D eigenvalue weighted by Crippen LogP contribution is -2.49. The van der Waals surface area contributed by atoms with E-state index >= 15 is 0 Å². The van der Waals surface area contributed by atoms with E-state index < -0.39 is 0 Å². The highest BCUT2D eigenvalue weighted by Gasteiger charge is 2.41. The smallest absolute Gasteiger partial charge is 0.222 e. The van der Waals surface area contributed by atoms with E-state index in [0.29, 0.717) is 12.3 Å². The standard InChI is InChI=1S/C24H32N4O2/c1-17-15-18(8-9-22(17)30-2)5-3-7-23(29)28-14-4-6-21(28)24-20(16-26-27-24)19-10-12-25-13-11-19/h8-13,15,20-21,24,26-27H,3-7,14,16H2,1-2H3. The van der Waals surface area contributed by atoms with E-state index in [-0.39, 0.29) is 18.0 Å². The molecule has 0 saturated carbocycles. The number of benzene rings is 1. The Morgan fingerprint density at radius 2 is 2.10 bits per heavy atom. The first-order valence-electron chi connectivity index (χ1n) is 11.0. The summed E-state index contributed by atoms with van der Waals surface area (Å²) in [6, 6.07) is 10.9. The molecule has 2 fully saturated rings. The lowest BCUT2D eigenvalue weighted by Gasteiger charge is -2.32. The molecular formula is C24H32N4O2. The van der Waals surface area contributed by atoms with Gasteiger partial charge in [0.05, 0.1) is 7.11 Å². The first-order chi connectivity index (χ1) is 14.7. The zero-order valence-corrected chi connectivity index (χ0v) is 17.9. The van der Waals surface area contributed by atoms with E-state index in [0.717, 1.165) is 50.1 Å². The maximum atomic E-state index is 13.1. The molecule has 1 amide bonds. The topological polar surface area (TPSA) is 66.5 Å². The summed E-state index contributed by atoms with van der Waals surface area (Å²) in [5.41, 5.74) is 10.5. The number of nitrogens with zero attached hydrogens (tertiary/aromatic N) is 2. The highest BCUT2D eigenvalue weighted by molar-refractivity contribution is 5.77. The van der Waals surface area contributed by atoms with Crippen molar-refractivity contribution in [3.8, 4) is 5.75 Å². The average Bonchev–Trinajstić information content (AvgIpc) is 3.44. The lowest BCUT2D eigenvalue weighted by molar-refractivity contribution is -0.132. The molecule has 2 aliphatic rings. The number of nitrogens with one attached hydrogen (secondary N) is 2. The first-order valence-corrected chi connectivity index (χ1v) is 11.0. The van der Waals surface area contributed by atoms with E-state index in [2.05, 4.69) is 51.9 Å². The molecule has 160 valence electrons. The van der Waals surface area contributed by atoms with Crippen LogP contribution in [0.1, 0.15) is 48.3 Å². The normalized spacial score (nSPS) is 23.7. The number of pyridine rings is 1. The van der Waals surface area contributed by atoms with E-state index in [1.807, 2.05) is 18.5 Å². The second-order valence-electron chi connectivity index (χ2n) is 8.39. The van der Waals surface area contributed by atoms with Gasteiger partial charge >= 0.3 is 0 Å². The van der Waals surface area contributed by atoms with Crippen LogP contribution in [0.2, 0.25) is 0 Å². The van der Waals surface area contributed by atoms with Gasteiger partial charge in [0.15, 0.2) is 0 Å². The third-order valence-corrected chi connectivity index (χ3v) is 6.51. The Balaban J connectivity index is 1.35. The molecule has 0 aliphatic carbocycles. The molecule has 0 radical (unpaired) electrons. The van der Waals surface area contributed by atoms with Crippen LogP contribution >= 0.6 is 0 Å². The van der Waals surface area contributed by atoms with Crippen molar-refractivity contribution in [3.63, 3.8) is 0 Å². The molecule has 4 rings (SSSR count). The third-order valence-electron chi connectivity index (χ3n) is 6.51. The van der Waals surface area contributed by atoms with Crippen LogP contribution < -0.4 is 15.6 Å². The summed E-state index contributed by atoms with van der Waals surface area (Å²) in [4.78, 5) is 19.3. The molecule has 1 aromatic heterocycles. The lowest BCUT2D eigenvalue weighted by atomic mass is 9.88. The van der Waals surface area contributed by atoms with Gasteiger partial charge in [0.1, 0.15) is 5.75 Å². The zero-order valence-electron chi connectivity index (χ0n) is 17.9. The quantitative estimate of drug-likeness (QED) is 0.737. The molecule has 6 nitrogen and oxygen atoms in total. The van der Waals surface area contributed by atoms with E-state index in [1.165, 1.54) is 11.1 Å². The minimum atomic E-state index is 0.239. The van der Waals surface area contributed by atoms with E-state index in [9.17, 15) is 4.79 Å². The number of hydrogen-bond acceptors (Lipinski definition) is 5. The van der Waals surface area contributed by atoms with Gasteiger partial charge in [0.25, 0.3) is 0 Å². The fourth-order valence-electron chi connectivity index (χ4n) is 4.97. The number of likely N-dealkylation sites (tertiary alicyclic amines) is 1. The van der Waals surface area contributed by atoms with Crippen LogP contribution in [0.5, 0.6) is 5.75 Å². The van der Waals surface area contributed by atoms with Crippen molar-refractivity contribution in [1.82, 2.24) is 20.7 Å². The number of aryl methyl sites for hydroxylation is 2. The van der Waals surface area contributed by atoms with Crippen LogP contribution in [0.4, 0.5) is 0 Å². The molecular weight excluding hydrogens is 376 g/mol. The minimum absolute atomic E-state index is 0.239. The Morgan fingerprint density at radius 1 is 1.27 bits per heavy atom. The molecule has 30 heavy (non-hydrogen) atoms. The second kappa shape index (κ2) is 9.58. The van der Waals surface area contributed by atoms with Crippen LogP contribution in [-0.2, 0) is 11.2 Å². The van der Waals surface area contributed by atoms with Gasteiger partial charge in [-0.1, -0.05) is 12.1 Å². The predicted octanol–water partition coefficient (Wildman–Crippen LogP) is 2.97. The number of carbonyl (C=O) groups is 1. The summed E-state index contributed by atoms with van der Waals surface area (Å²) in [5, 5.41) is 0. The summed E-state index contributed by atoms with van der Waals surface area (Å²) >= 11 is 0. The van der Waals surface area contributed by atoms with Crippen molar-refractivity contribution in [1.29, 1.82) is 0 Å². The molecule has 2 aromatic rings. The van der Waals surface area contributed by atoms with Crippen molar-refractivity contribution in [2.24, 2.45) is 0 Å². The highest BCUT2D eigenvalue weighted by atomic mass is 16.5. The summed E-state index contributed by atoms with van der Waals surface area (Å²) < 4.78 is 5.34. The van der Waals surface area contributed by atoms with Crippen molar-refractivity contribution < 1.29 is 9.53 Å². The Bertz CT molecular complexity index is 858. The van der Waals surface area contributed by atoms with Gasteiger partial charge in [-0.3, -0.25) is 20.6 Å². The molecule has 2 saturated heterocycles. The van der Waals surface area contributed by atoms with Gasteiger partial charge in [0.2, 0.25) is 5.91 Å². The minimum Gasteiger partial charge on any atom is -0.496 e. The summed E-state index contributed by atoms with van der Waals surface area (Å²) in [7, 11) is 1.70. The largest absolute Gasteiger partial charge is 0.496 e. The van der Waals surface area contributed by atoms with Crippen molar-refractivity contribution in [2.45, 2.75) is 57.0 Å². The highest BCUT2D eigenvalue weighted by Crippen LogP contribution is 2.31. The number of ether oxygens (including phenoxy) is 1. The fourth-order valence-corrected chi connectivity index (χ4v) is 4.97. The number of methoxy groups -OCH3 is 1. The number of aromatic nitrogens is 1. The molecule has 6 heteroatoms. The number of hydrazine groups is 1. The molecule has 2 N–H and O–H groups in total. The third kappa shape index (κ3) is 4.50. The van der Waals surface area contributed by atoms with Crippen molar-refractivity contribution in [3.05, 3.63) is 59.4 Å². The maximum absolute atomic E-state index is 13.1. The maximum Gasteiger partial charge on any atom is 0.222 e. The van der Waals surface area contributed by atoms with E-state index in [1.54, 1.807) is 7.11 Å². The van der Waals surface area contributed by atoms with Gasteiger partial charge in [0, 0.05) is 49.9 Å².